The average Bonchev–Trinajstić information content (AvgIpc) is 3.88. The van der Waals surface area contributed by atoms with Crippen molar-refractivity contribution in [2.45, 2.75) is 105 Å². The molecule has 0 spiro atoms. The molecule has 0 radical (unpaired) electrons. The van der Waals surface area contributed by atoms with Crippen molar-refractivity contribution in [3.63, 3.8) is 0 Å². The van der Waals surface area contributed by atoms with Gasteiger partial charge in [-0.15, -0.1) is 10.2 Å². The monoisotopic (exact) mass is 868 g/mol. The number of amides is 2. The molecular formula is C47H60N6O10. The second-order valence-electron chi connectivity index (χ2n) is 16.4. The Kier molecular flexibility index (Phi) is 18.1. The quantitative estimate of drug-likeness (QED) is 0.0671. The molecular weight excluding hydrogens is 809 g/mol. The molecule has 5 aromatic rings. The number of carbonyl (C=O) groups excluding carboxylic acids is 4. The summed E-state index contributed by atoms with van der Waals surface area (Å²) in [6, 6.07) is 31.2. The first kappa shape index (κ1) is 48.8. The predicted molar refractivity (Wildman–Crippen MR) is 235 cm³/mol. The highest BCUT2D eigenvalue weighted by Gasteiger charge is 2.25. The molecule has 0 saturated heterocycles. The van der Waals surface area contributed by atoms with Crippen LogP contribution in [0.3, 0.4) is 0 Å². The van der Waals surface area contributed by atoms with Gasteiger partial charge in [-0.25, -0.2) is 28.5 Å². The van der Waals surface area contributed by atoms with Crippen LogP contribution in [-0.4, -0.2) is 74.6 Å². The lowest BCUT2D eigenvalue weighted by atomic mass is 10.2. The molecule has 3 aromatic carbocycles. The van der Waals surface area contributed by atoms with E-state index in [9.17, 15) is 19.2 Å². The highest BCUT2D eigenvalue weighted by molar-refractivity contribution is 5.88. The van der Waals surface area contributed by atoms with Gasteiger partial charge in [-0.05, 0) is 79.0 Å². The third-order valence-electron chi connectivity index (χ3n) is 8.51. The molecule has 2 N–H and O–H groups in total. The van der Waals surface area contributed by atoms with Crippen LogP contribution in [0.15, 0.2) is 103 Å². The molecule has 16 heteroatoms. The van der Waals surface area contributed by atoms with Gasteiger partial charge in [0.05, 0.1) is 18.7 Å². The number of benzene rings is 3. The van der Waals surface area contributed by atoms with Crippen molar-refractivity contribution in [3.05, 3.63) is 131 Å². The minimum absolute atomic E-state index is 0.135. The molecule has 338 valence electrons. The van der Waals surface area contributed by atoms with E-state index in [1.165, 1.54) is 9.36 Å². The third kappa shape index (κ3) is 17.2. The minimum atomic E-state index is -0.607. The number of esters is 2. The van der Waals surface area contributed by atoms with Gasteiger partial charge in [-0.2, -0.15) is 0 Å². The Morgan fingerprint density at radius 2 is 0.905 bits per heavy atom. The SMILES string of the molecule is CC(CNC(=O)OC(C)(C)C)n1nc(OCc2ccccc2)cc1C(=O)OCc1ccccc1.CCOC(=O)c1cc(OCc2ccccc2)nn1C(C)CNC(=O)OC(C)(C)C. The standard InChI is InChI=1S/C26H31N3O5.C21H29N3O5/c1-19(16-27-25(31)34-26(2,3)4)29-22(24(30)33-18-21-13-9-6-10-14-21)15-23(28-29)32-17-20-11-7-5-8-12-20;1-6-27-19(25)17-12-18(28-14-16-10-8-7-9-11-16)23-24(17)15(2)13-22-20(26)29-21(3,4)5/h5-15,19H,16-18H2,1-4H3,(H,27,31);7-12,15H,6,13-14H2,1-5H3,(H,22,26). The number of hydrogen-bond acceptors (Lipinski definition) is 12. The van der Waals surface area contributed by atoms with Crippen LogP contribution in [0.2, 0.25) is 0 Å². The van der Waals surface area contributed by atoms with Crippen LogP contribution in [0.25, 0.3) is 0 Å². The fourth-order valence-electron chi connectivity index (χ4n) is 5.59. The van der Waals surface area contributed by atoms with Crippen molar-refractivity contribution in [1.29, 1.82) is 0 Å². The van der Waals surface area contributed by atoms with Crippen LogP contribution in [0.1, 0.15) is 112 Å². The second-order valence-corrected chi connectivity index (χ2v) is 16.4. The topological polar surface area (TPSA) is 183 Å². The number of hydrogen-bond donors (Lipinski definition) is 2. The van der Waals surface area contributed by atoms with E-state index in [1.54, 1.807) is 60.6 Å². The van der Waals surface area contributed by atoms with Gasteiger partial charge in [0, 0.05) is 25.2 Å². The second kappa shape index (κ2) is 23.4. The fraction of sp³-hybridized carbons (Fsp3) is 0.404. The lowest BCUT2D eigenvalue weighted by molar-refractivity contribution is 0.0451. The van der Waals surface area contributed by atoms with Crippen LogP contribution in [0.5, 0.6) is 11.8 Å². The molecule has 0 aliphatic rings. The van der Waals surface area contributed by atoms with Crippen molar-refractivity contribution in [2.75, 3.05) is 19.7 Å². The summed E-state index contributed by atoms with van der Waals surface area (Å²) >= 11 is 0. The van der Waals surface area contributed by atoms with E-state index < -0.39 is 35.3 Å². The zero-order valence-corrected chi connectivity index (χ0v) is 37.6. The van der Waals surface area contributed by atoms with E-state index >= 15 is 0 Å². The van der Waals surface area contributed by atoms with Gasteiger partial charge >= 0.3 is 24.1 Å². The van der Waals surface area contributed by atoms with Crippen molar-refractivity contribution in [3.8, 4) is 11.8 Å². The van der Waals surface area contributed by atoms with Crippen molar-refractivity contribution >= 4 is 24.1 Å². The molecule has 2 unspecified atom stereocenters. The summed E-state index contributed by atoms with van der Waals surface area (Å²) in [5, 5.41) is 14.2. The number of aromatic nitrogens is 4. The van der Waals surface area contributed by atoms with Crippen LogP contribution in [0.4, 0.5) is 9.59 Å². The largest absolute Gasteiger partial charge is 0.472 e. The Bertz CT molecular complexity index is 2200. The molecule has 5 rings (SSSR count). The normalized spacial score (nSPS) is 12.1. The van der Waals surface area contributed by atoms with Crippen molar-refractivity contribution in [2.24, 2.45) is 0 Å². The number of ether oxygens (including phenoxy) is 6. The van der Waals surface area contributed by atoms with E-state index in [0.717, 1.165) is 16.7 Å². The molecule has 0 aliphatic carbocycles. The number of alkyl carbamates (subject to hydrolysis) is 2. The Morgan fingerprint density at radius 3 is 1.25 bits per heavy atom. The van der Waals surface area contributed by atoms with Crippen LogP contribution < -0.4 is 20.1 Å². The van der Waals surface area contributed by atoms with Gasteiger partial charge < -0.3 is 39.1 Å². The molecule has 2 atom stereocenters. The maximum absolute atomic E-state index is 12.9. The summed E-state index contributed by atoms with van der Waals surface area (Å²) in [5.41, 5.74) is 2.13. The molecule has 16 nitrogen and oxygen atoms in total. The molecule has 2 amide bonds. The smallest absolute Gasteiger partial charge is 0.407 e. The Balaban J connectivity index is 0.000000280. The third-order valence-corrected chi connectivity index (χ3v) is 8.51. The molecule has 0 aliphatic heterocycles. The zero-order chi connectivity index (χ0) is 46.0. The summed E-state index contributed by atoms with van der Waals surface area (Å²) in [4.78, 5) is 49.2. The average molecular weight is 869 g/mol. The van der Waals surface area contributed by atoms with Crippen molar-refractivity contribution < 1.29 is 47.6 Å². The Morgan fingerprint density at radius 1 is 0.556 bits per heavy atom. The fourth-order valence-corrected chi connectivity index (χ4v) is 5.59. The van der Waals surface area contributed by atoms with Gasteiger partial charge in [-0.3, -0.25) is 0 Å². The zero-order valence-electron chi connectivity index (χ0n) is 37.6. The number of nitrogens with one attached hydrogen (secondary N) is 2. The summed E-state index contributed by atoms with van der Waals surface area (Å²) in [6.07, 6.45) is -1.07. The molecule has 2 aromatic heterocycles. The summed E-state index contributed by atoms with van der Waals surface area (Å²) in [5.74, 6) is -0.436. The molecule has 0 bridgehead atoms. The maximum atomic E-state index is 12.9. The van der Waals surface area contributed by atoms with Gasteiger partial charge in [0.25, 0.3) is 0 Å². The van der Waals surface area contributed by atoms with E-state index in [4.69, 9.17) is 28.4 Å². The predicted octanol–water partition coefficient (Wildman–Crippen LogP) is 8.63. The van der Waals surface area contributed by atoms with Crippen LogP contribution in [-0.2, 0) is 38.8 Å². The first-order valence-electron chi connectivity index (χ1n) is 20.7. The first-order chi connectivity index (χ1) is 29.9. The van der Waals surface area contributed by atoms with Crippen molar-refractivity contribution in [1.82, 2.24) is 30.2 Å². The number of rotatable bonds is 17. The van der Waals surface area contributed by atoms with E-state index in [2.05, 4.69) is 20.8 Å². The lowest BCUT2D eigenvalue weighted by Crippen LogP contribution is -2.36. The number of carbonyl (C=O) groups is 4. The summed E-state index contributed by atoms with van der Waals surface area (Å²) in [7, 11) is 0. The lowest BCUT2D eigenvalue weighted by Gasteiger charge is -2.21. The highest BCUT2D eigenvalue weighted by atomic mass is 16.6. The molecule has 0 fully saturated rings. The van der Waals surface area contributed by atoms with Crippen LogP contribution >= 0.6 is 0 Å². The minimum Gasteiger partial charge on any atom is -0.472 e. The molecule has 0 saturated carbocycles. The Labute approximate surface area is 369 Å². The summed E-state index contributed by atoms with van der Waals surface area (Å²) in [6.45, 7) is 17.6. The Hall–Kier alpha value is -6.84. The number of nitrogens with zero attached hydrogens (tertiary/aromatic N) is 4. The molecule has 2 heterocycles. The van der Waals surface area contributed by atoms with Crippen LogP contribution in [0, 0.1) is 0 Å². The van der Waals surface area contributed by atoms with Gasteiger partial charge in [0.15, 0.2) is 11.4 Å². The highest BCUT2D eigenvalue weighted by Crippen LogP contribution is 2.21. The van der Waals surface area contributed by atoms with E-state index in [1.807, 2.05) is 105 Å². The van der Waals surface area contributed by atoms with Gasteiger partial charge in [-0.1, -0.05) is 91.0 Å². The van der Waals surface area contributed by atoms with E-state index in [-0.39, 0.29) is 49.8 Å². The van der Waals surface area contributed by atoms with Gasteiger partial charge in [0.2, 0.25) is 11.8 Å². The van der Waals surface area contributed by atoms with Gasteiger partial charge in [0.1, 0.15) is 31.0 Å². The first-order valence-corrected chi connectivity index (χ1v) is 20.7. The maximum Gasteiger partial charge on any atom is 0.407 e. The molecule has 63 heavy (non-hydrogen) atoms. The summed E-state index contributed by atoms with van der Waals surface area (Å²) < 4.78 is 35.7. The van der Waals surface area contributed by atoms with E-state index in [0.29, 0.717) is 25.0 Å².